The van der Waals surface area contributed by atoms with Crippen molar-refractivity contribution in [2.24, 2.45) is 0 Å². The zero-order valence-corrected chi connectivity index (χ0v) is 10.4. The van der Waals surface area contributed by atoms with Crippen LogP contribution < -0.4 is 15.4 Å². The molecule has 1 saturated heterocycles. The molecular formula is C13H16F2N2O2. The number of halogens is 2. The third-order valence-corrected chi connectivity index (χ3v) is 2.95. The zero-order chi connectivity index (χ0) is 13.7. The van der Waals surface area contributed by atoms with Crippen molar-refractivity contribution in [1.82, 2.24) is 10.6 Å². The van der Waals surface area contributed by atoms with Gasteiger partial charge in [-0.2, -0.15) is 8.78 Å². The SMILES string of the molecule is O=C1CCC(CNCc2ccc(OC(F)F)cc2)N1. The Morgan fingerprint density at radius 3 is 2.68 bits per heavy atom. The fourth-order valence-corrected chi connectivity index (χ4v) is 2.01. The van der Waals surface area contributed by atoms with Gasteiger partial charge in [0.2, 0.25) is 5.91 Å². The summed E-state index contributed by atoms with van der Waals surface area (Å²) in [6.07, 6.45) is 1.44. The minimum absolute atomic E-state index is 0.0975. The number of carbonyl (C=O) groups is 1. The molecule has 0 aliphatic carbocycles. The lowest BCUT2D eigenvalue weighted by atomic mass is 10.2. The maximum absolute atomic E-state index is 12.0. The van der Waals surface area contributed by atoms with Gasteiger partial charge in [-0.1, -0.05) is 12.1 Å². The average molecular weight is 270 g/mol. The highest BCUT2D eigenvalue weighted by molar-refractivity contribution is 5.78. The van der Waals surface area contributed by atoms with Gasteiger partial charge in [-0.3, -0.25) is 4.79 Å². The van der Waals surface area contributed by atoms with E-state index < -0.39 is 6.61 Å². The first kappa shape index (κ1) is 13.7. The minimum Gasteiger partial charge on any atom is -0.435 e. The molecule has 0 saturated carbocycles. The van der Waals surface area contributed by atoms with Crippen LogP contribution in [0.3, 0.4) is 0 Å². The number of nitrogens with one attached hydrogen (secondary N) is 2. The molecule has 1 atom stereocenters. The van der Waals surface area contributed by atoms with E-state index in [1.807, 2.05) is 0 Å². The molecule has 1 amide bonds. The molecule has 19 heavy (non-hydrogen) atoms. The summed E-state index contributed by atoms with van der Waals surface area (Å²) >= 11 is 0. The zero-order valence-electron chi connectivity index (χ0n) is 10.4. The summed E-state index contributed by atoms with van der Waals surface area (Å²) < 4.78 is 28.2. The van der Waals surface area contributed by atoms with Crippen molar-refractivity contribution in [2.75, 3.05) is 6.54 Å². The van der Waals surface area contributed by atoms with E-state index in [1.54, 1.807) is 12.1 Å². The van der Waals surface area contributed by atoms with Crippen molar-refractivity contribution in [3.63, 3.8) is 0 Å². The van der Waals surface area contributed by atoms with Gasteiger partial charge in [0.05, 0.1) is 0 Å². The first-order chi connectivity index (χ1) is 9.13. The molecule has 1 fully saturated rings. The van der Waals surface area contributed by atoms with Gasteiger partial charge in [0.25, 0.3) is 0 Å². The second kappa shape index (κ2) is 6.47. The van der Waals surface area contributed by atoms with Gasteiger partial charge in [-0.05, 0) is 24.1 Å². The van der Waals surface area contributed by atoms with Crippen LogP contribution in [0.4, 0.5) is 8.78 Å². The van der Waals surface area contributed by atoms with Crippen LogP contribution in [-0.2, 0) is 11.3 Å². The van der Waals surface area contributed by atoms with Gasteiger partial charge in [-0.15, -0.1) is 0 Å². The molecule has 0 spiro atoms. The average Bonchev–Trinajstić information content (AvgIpc) is 2.77. The molecule has 1 aromatic rings. The van der Waals surface area contributed by atoms with E-state index in [0.29, 0.717) is 19.5 Å². The van der Waals surface area contributed by atoms with Crippen LogP contribution in [0.25, 0.3) is 0 Å². The number of hydrogen-bond donors (Lipinski definition) is 2. The molecule has 1 aliphatic rings. The summed E-state index contributed by atoms with van der Waals surface area (Å²) in [6, 6.07) is 6.69. The van der Waals surface area contributed by atoms with Crippen molar-refractivity contribution in [1.29, 1.82) is 0 Å². The molecule has 2 N–H and O–H groups in total. The van der Waals surface area contributed by atoms with Gasteiger partial charge in [0.1, 0.15) is 5.75 Å². The molecule has 1 heterocycles. The Labute approximate surface area is 110 Å². The van der Waals surface area contributed by atoms with Crippen LogP contribution in [0.15, 0.2) is 24.3 Å². The Morgan fingerprint density at radius 2 is 2.11 bits per heavy atom. The van der Waals surface area contributed by atoms with Crippen LogP contribution in [0.2, 0.25) is 0 Å². The summed E-state index contributed by atoms with van der Waals surface area (Å²) in [5.41, 5.74) is 0.978. The van der Waals surface area contributed by atoms with E-state index in [2.05, 4.69) is 15.4 Å². The largest absolute Gasteiger partial charge is 0.435 e. The molecule has 0 aromatic heterocycles. The van der Waals surface area contributed by atoms with Crippen LogP contribution in [0.5, 0.6) is 5.75 Å². The number of benzene rings is 1. The second-order valence-corrected chi connectivity index (χ2v) is 4.46. The van der Waals surface area contributed by atoms with E-state index in [1.165, 1.54) is 12.1 Å². The van der Waals surface area contributed by atoms with Crippen molar-refractivity contribution in [3.05, 3.63) is 29.8 Å². The van der Waals surface area contributed by atoms with E-state index in [-0.39, 0.29) is 17.7 Å². The highest BCUT2D eigenvalue weighted by Gasteiger charge is 2.19. The smallest absolute Gasteiger partial charge is 0.387 e. The predicted octanol–water partition coefficient (Wildman–Crippen LogP) is 1.66. The first-order valence-corrected chi connectivity index (χ1v) is 6.17. The van der Waals surface area contributed by atoms with Crippen molar-refractivity contribution in [2.45, 2.75) is 32.0 Å². The summed E-state index contributed by atoms with van der Waals surface area (Å²) in [5.74, 6) is 0.252. The van der Waals surface area contributed by atoms with Crippen molar-refractivity contribution in [3.8, 4) is 5.75 Å². The Morgan fingerprint density at radius 1 is 1.37 bits per heavy atom. The third-order valence-electron chi connectivity index (χ3n) is 2.95. The van der Waals surface area contributed by atoms with Crippen molar-refractivity contribution < 1.29 is 18.3 Å². The number of rotatable bonds is 6. The van der Waals surface area contributed by atoms with Crippen LogP contribution in [0.1, 0.15) is 18.4 Å². The lowest BCUT2D eigenvalue weighted by Crippen LogP contribution is -2.35. The monoisotopic (exact) mass is 270 g/mol. The van der Waals surface area contributed by atoms with Crippen LogP contribution in [0, 0.1) is 0 Å². The highest BCUT2D eigenvalue weighted by atomic mass is 19.3. The Bertz CT molecular complexity index is 423. The fraction of sp³-hybridized carbons (Fsp3) is 0.462. The molecule has 6 heteroatoms. The highest BCUT2D eigenvalue weighted by Crippen LogP contribution is 2.14. The molecule has 0 bridgehead atoms. The lowest BCUT2D eigenvalue weighted by Gasteiger charge is -2.11. The van der Waals surface area contributed by atoms with E-state index in [0.717, 1.165) is 12.0 Å². The molecule has 1 aromatic carbocycles. The minimum atomic E-state index is -2.80. The van der Waals surface area contributed by atoms with Gasteiger partial charge in [-0.25, -0.2) is 0 Å². The van der Waals surface area contributed by atoms with Gasteiger partial charge >= 0.3 is 6.61 Å². The Balaban J connectivity index is 1.72. The Kier molecular flexibility index (Phi) is 4.68. The van der Waals surface area contributed by atoms with E-state index in [9.17, 15) is 13.6 Å². The lowest BCUT2D eigenvalue weighted by molar-refractivity contribution is -0.119. The van der Waals surface area contributed by atoms with Crippen LogP contribution >= 0.6 is 0 Å². The molecule has 4 nitrogen and oxygen atoms in total. The maximum Gasteiger partial charge on any atom is 0.387 e. The quantitative estimate of drug-likeness (QED) is 0.826. The number of alkyl halides is 2. The topological polar surface area (TPSA) is 50.4 Å². The number of amides is 1. The number of hydrogen-bond acceptors (Lipinski definition) is 3. The molecular weight excluding hydrogens is 254 g/mol. The predicted molar refractivity (Wildman–Crippen MR) is 65.9 cm³/mol. The Hall–Kier alpha value is -1.69. The maximum atomic E-state index is 12.0. The molecule has 0 radical (unpaired) electrons. The molecule has 104 valence electrons. The molecule has 1 unspecified atom stereocenters. The molecule has 2 rings (SSSR count). The summed E-state index contributed by atoms with van der Waals surface area (Å²) in [5, 5.41) is 6.09. The standard InChI is InChI=1S/C13H16F2N2O2/c14-13(15)19-11-4-1-9(2-5-11)7-16-8-10-3-6-12(18)17-10/h1-2,4-5,10,13,16H,3,6-8H2,(H,17,18). The van der Waals surface area contributed by atoms with E-state index in [4.69, 9.17) is 0 Å². The fourth-order valence-electron chi connectivity index (χ4n) is 2.01. The summed E-state index contributed by atoms with van der Waals surface area (Å²) in [6.45, 7) is -1.46. The third kappa shape index (κ3) is 4.48. The van der Waals surface area contributed by atoms with Crippen LogP contribution in [-0.4, -0.2) is 25.1 Å². The van der Waals surface area contributed by atoms with E-state index >= 15 is 0 Å². The second-order valence-electron chi connectivity index (χ2n) is 4.46. The summed E-state index contributed by atoms with van der Waals surface area (Å²) in [7, 11) is 0. The van der Waals surface area contributed by atoms with Gasteiger partial charge < -0.3 is 15.4 Å². The first-order valence-electron chi connectivity index (χ1n) is 6.17. The van der Waals surface area contributed by atoms with Gasteiger partial charge in [0, 0.05) is 25.6 Å². The normalized spacial score (nSPS) is 18.7. The number of carbonyl (C=O) groups excluding carboxylic acids is 1. The molecule has 1 aliphatic heterocycles. The van der Waals surface area contributed by atoms with Crippen molar-refractivity contribution >= 4 is 5.91 Å². The summed E-state index contributed by atoms with van der Waals surface area (Å²) in [4.78, 5) is 11.0. The van der Waals surface area contributed by atoms with Gasteiger partial charge in [0.15, 0.2) is 0 Å². The number of ether oxygens (including phenoxy) is 1.